The maximum absolute atomic E-state index is 13.0. The standard InChI is InChI=1S/C20H18N6O2/c1-9(2)13(20(28)26-7-10(5-21)8-26)19-24-15-11-3-4-22-18-14(11)12(6-23-18)17(27)16(15)25-19/h3-4,6,9-10,13H,7-8H2,1-2H3,(H,22,23)(H,24,25). The van der Waals surface area contributed by atoms with E-state index in [2.05, 4.69) is 21.0 Å². The Morgan fingerprint density at radius 1 is 1.36 bits per heavy atom. The third kappa shape index (κ3) is 2.16. The number of fused-ring (bicyclic) bond motifs is 2. The monoisotopic (exact) mass is 374 g/mol. The number of hydrogen-bond donors (Lipinski definition) is 2. The van der Waals surface area contributed by atoms with Gasteiger partial charge < -0.3 is 14.9 Å². The number of aromatic amines is 2. The Balaban J connectivity index is 1.67. The van der Waals surface area contributed by atoms with Crippen LogP contribution in [0.1, 0.15) is 25.6 Å². The highest BCUT2D eigenvalue weighted by Gasteiger charge is 2.38. The molecule has 8 nitrogen and oxygen atoms in total. The smallest absolute Gasteiger partial charge is 0.233 e. The van der Waals surface area contributed by atoms with Gasteiger partial charge in [-0.1, -0.05) is 13.8 Å². The molecule has 28 heavy (non-hydrogen) atoms. The van der Waals surface area contributed by atoms with Crippen LogP contribution in [0.2, 0.25) is 0 Å². The van der Waals surface area contributed by atoms with Crippen LogP contribution < -0.4 is 5.43 Å². The molecule has 3 aromatic heterocycles. The molecule has 2 N–H and O–H groups in total. The first-order valence-electron chi connectivity index (χ1n) is 9.29. The van der Waals surface area contributed by atoms with Crippen LogP contribution in [0.25, 0.3) is 32.8 Å². The average molecular weight is 374 g/mol. The Labute approximate surface area is 159 Å². The van der Waals surface area contributed by atoms with Gasteiger partial charge in [0.05, 0.1) is 23.3 Å². The summed E-state index contributed by atoms with van der Waals surface area (Å²) in [6.45, 7) is 4.83. The number of carbonyl (C=O) groups is 1. The minimum atomic E-state index is -0.490. The van der Waals surface area contributed by atoms with Crippen LogP contribution in [-0.4, -0.2) is 43.8 Å². The molecule has 140 valence electrons. The van der Waals surface area contributed by atoms with Gasteiger partial charge in [-0.25, -0.2) is 9.97 Å². The van der Waals surface area contributed by atoms with Crippen LogP contribution >= 0.6 is 0 Å². The zero-order valence-electron chi connectivity index (χ0n) is 15.5. The third-order valence-corrected chi connectivity index (χ3v) is 5.62. The second-order valence-corrected chi connectivity index (χ2v) is 7.75. The Bertz CT molecular complexity index is 1320. The fourth-order valence-electron chi connectivity index (χ4n) is 4.11. The average Bonchev–Trinajstić information content (AvgIpc) is 3.24. The largest absolute Gasteiger partial charge is 0.346 e. The van der Waals surface area contributed by atoms with Crippen molar-refractivity contribution in [2.75, 3.05) is 13.1 Å². The lowest BCUT2D eigenvalue weighted by molar-refractivity contribution is -0.139. The van der Waals surface area contributed by atoms with Crippen molar-refractivity contribution in [1.29, 1.82) is 5.26 Å². The predicted molar refractivity (Wildman–Crippen MR) is 104 cm³/mol. The number of benzene rings is 1. The summed E-state index contributed by atoms with van der Waals surface area (Å²) < 4.78 is 0. The van der Waals surface area contributed by atoms with E-state index in [1.54, 1.807) is 17.3 Å². The van der Waals surface area contributed by atoms with Crippen LogP contribution in [0, 0.1) is 23.2 Å². The number of nitrogens with zero attached hydrogens (tertiary/aromatic N) is 4. The number of nitrogens with one attached hydrogen (secondary N) is 2. The zero-order chi connectivity index (χ0) is 19.6. The number of pyridine rings is 1. The van der Waals surface area contributed by atoms with Gasteiger partial charge in [-0.2, -0.15) is 5.26 Å². The molecule has 0 aliphatic carbocycles. The third-order valence-electron chi connectivity index (χ3n) is 5.62. The number of aromatic nitrogens is 4. The molecule has 1 saturated heterocycles. The van der Waals surface area contributed by atoms with Crippen LogP contribution in [0.3, 0.4) is 0 Å². The van der Waals surface area contributed by atoms with Gasteiger partial charge in [-0.3, -0.25) is 9.59 Å². The van der Waals surface area contributed by atoms with E-state index >= 15 is 0 Å². The number of nitriles is 1. The second-order valence-electron chi connectivity index (χ2n) is 7.75. The summed E-state index contributed by atoms with van der Waals surface area (Å²) in [6.07, 6.45) is 3.35. The topological polar surface area (TPSA) is 119 Å². The van der Waals surface area contributed by atoms with Gasteiger partial charge in [-0.05, 0) is 12.0 Å². The van der Waals surface area contributed by atoms with Gasteiger partial charge in [-0.15, -0.1) is 0 Å². The molecule has 0 saturated carbocycles. The van der Waals surface area contributed by atoms with E-state index in [0.717, 1.165) is 10.8 Å². The predicted octanol–water partition coefficient (Wildman–Crippen LogP) is 2.11. The van der Waals surface area contributed by atoms with Crippen molar-refractivity contribution in [3.8, 4) is 6.07 Å². The second kappa shape index (κ2) is 5.76. The summed E-state index contributed by atoms with van der Waals surface area (Å²) in [5, 5.41) is 11.1. The van der Waals surface area contributed by atoms with Crippen molar-refractivity contribution >= 4 is 38.7 Å². The zero-order valence-corrected chi connectivity index (χ0v) is 15.5. The molecule has 0 bridgehead atoms. The van der Waals surface area contributed by atoms with Crippen molar-refractivity contribution in [3.05, 3.63) is 34.5 Å². The van der Waals surface area contributed by atoms with Gasteiger partial charge in [0.25, 0.3) is 0 Å². The number of amides is 1. The molecule has 1 atom stereocenters. The maximum Gasteiger partial charge on any atom is 0.233 e. The molecule has 4 aromatic rings. The first kappa shape index (κ1) is 16.7. The Morgan fingerprint density at radius 2 is 2.14 bits per heavy atom. The van der Waals surface area contributed by atoms with Gasteiger partial charge in [0.15, 0.2) is 0 Å². The normalized spacial score (nSPS) is 16.1. The van der Waals surface area contributed by atoms with E-state index in [1.165, 1.54) is 0 Å². The highest BCUT2D eigenvalue weighted by molar-refractivity contribution is 6.18. The van der Waals surface area contributed by atoms with Crippen molar-refractivity contribution in [2.24, 2.45) is 11.8 Å². The summed E-state index contributed by atoms with van der Waals surface area (Å²) in [5.74, 6) is -0.151. The Kier molecular flexibility index (Phi) is 3.43. The summed E-state index contributed by atoms with van der Waals surface area (Å²) in [4.78, 5) is 42.8. The van der Waals surface area contributed by atoms with Crippen molar-refractivity contribution in [2.45, 2.75) is 19.8 Å². The molecule has 1 unspecified atom stereocenters. The van der Waals surface area contributed by atoms with E-state index in [1.807, 2.05) is 19.9 Å². The van der Waals surface area contributed by atoms with Crippen molar-refractivity contribution < 1.29 is 4.79 Å². The number of imidazole rings is 1. The molecule has 8 heteroatoms. The molecule has 1 fully saturated rings. The number of H-pyrrole nitrogens is 2. The van der Waals surface area contributed by atoms with Crippen molar-refractivity contribution in [1.82, 2.24) is 24.8 Å². The van der Waals surface area contributed by atoms with Crippen molar-refractivity contribution in [3.63, 3.8) is 0 Å². The summed E-state index contributed by atoms with van der Waals surface area (Å²) >= 11 is 0. The number of rotatable bonds is 3. The van der Waals surface area contributed by atoms with E-state index in [-0.39, 0.29) is 23.2 Å². The summed E-state index contributed by atoms with van der Waals surface area (Å²) in [5.41, 5.74) is 1.46. The number of carbonyl (C=O) groups excluding carboxylic acids is 1. The minimum absolute atomic E-state index is 0.00611. The van der Waals surface area contributed by atoms with Crippen LogP contribution in [0.5, 0.6) is 0 Å². The van der Waals surface area contributed by atoms with Crippen LogP contribution in [-0.2, 0) is 4.79 Å². The van der Waals surface area contributed by atoms with Crippen LogP contribution in [0.4, 0.5) is 0 Å². The quantitative estimate of drug-likeness (QED) is 0.569. The molecule has 1 aliphatic heterocycles. The number of hydrogen-bond acceptors (Lipinski definition) is 5. The molecule has 1 aliphatic rings. The molecule has 0 radical (unpaired) electrons. The first-order valence-corrected chi connectivity index (χ1v) is 9.29. The molecular formula is C20H18N6O2. The molecule has 5 rings (SSSR count). The lowest BCUT2D eigenvalue weighted by Gasteiger charge is -2.38. The van der Waals surface area contributed by atoms with Gasteiger partial charge in [0.1, 0.15) is 22.5 Å². The summed E-state index contributed by atoms with van der Waals surface area (Å²) in [7, 11) is 0. The van der Waals surface area contributed by atoms with Crippen LogP contribution in [0.15, 0.2) is 23.3 Å². The SMILES string of the molecule is CC(C)C(C(=O)N1CC(C#N)C1)c1nc2c([nH]1)c(=O)c1cnc3[nH]ccc2c31. The van der Waals surface area contributed by atoms with E-state index in [0.29, 0.717) is 41.0 Å². The lowest BCUT2D eigenvalue weighted by Crippen LogP contribution is -2.51. The molecular weight excluding hydrogens is 356 g/mol. The fraction of sp³-hybridized carbons (Fsp3) is 0.350. The van der Waals surface area contributed by atoms with Gasteiger partial charge in [0, 0.05) is 36.3 Å². The first-order chi connectivity index (χ1) is 13.5. The fourth-order valence-corrected chi connectivity index (χ4v) is 4.11. The molecule has 1 aromatic carbocycles. The Hall–Kier alpha value is -3.47. The maximum atomic E-state index is 13.0. The van der Waals surface area contributed by atoms with Gasteiger partial charge >= 0.3 is 0 Å². The van der Waals surface area contributed by atoms with E-state index in [4.69, 9.17) is 10.2 Å². The molecule has 0 spiro atoms. The molecule has 4 heterocycles. The molecule has 1 amide bonds. The highest BCUT2D eigenvalue weighted by atomic mass is 16.2. The highest BCUT2D eigenvalue weighted by Crippen LogP contribution is 2.32. The Morgan fingerprint density at radius 3 is 2.86 bits per heavy atom. The number of likely N-dealkylation sites (tertiary alicyclic amines) is 1. The summed E-state index contributed by atoms with van der Waals surface area (Å²) in [6, 6.07) is 4.06. The van der Waals surface area contributed by atoms with E-state index in [9.17, 15) is 9.59 Å². The van der Waals surface area contributed by atoms with E-state index < -0.39 is 5.92 Å². The van der Waals surface area contributed by atoms with Gasteiger partial charge in [0.2, 0.25) is 11.3 Å². The lowest BCUT2D eigenvalue weighted by atomic mass is 9.90. The minimum Gasteiger partial charge on any atom is -0.346 e.